The van der Waals surface area contributed by atoms with E-state index in [0.717, 1.165) is 16.9 Å². The molecule has 194 valence electrons. The molecule has 1 aromatic heterocycles. The van der Waals surface area contributed by atoms with E-state index < -0.39 is 17.7 Å². The molecule has 12 heteroatoms. The van der Waals surface area contributed by atoms with Gasteiger partial charge in [-0.2, -0.15) is 13.2 Å². The fourth-order valence-corrected chi connectivity index (χ4v) is 3.15. The number of methoxy groups -OCH3 is 1. The van der Waals surface area contributed by atoms with Crippen LogP contribution in [0.4, 0.5) is 28.0 Å². The van der Waals surface area contributed by atoms with Gasteiger partial charge in [0, 0.05) is 23.5 Å². The first-order valence-corrected chi connectivity index (χ1v) is 10.5. The number of hydrogen-bond acceptors (Lipinski definition) is 4. The molecule has 0 saturated carbocycles. The van der Waals surface area contributed by atoms with Crippen molar-refractivity contribution in [2.24, 2.45) is 0 Å². The fraction of sp³-hybridized carbons (Fsp3) is 0.292. The summed E-state index contributed by atoms with van der Waals surface area (Å²) in [6.07, 6.45) is -0.899. The van der Waals surface area contributed by atoms with E-state index in [0.29, 0.717) is 17.9 Å². The van der Waals surface area contributed by atoms with Gasteiger partial charge in [0.15, 0.2) is 0 Å². The van der Waals surface area contributed by atoms with Gasteiger partial charge in [-0.05, 0) is 57.0 Å². The number of urea groups is 1. The van der Waals surface area contributed by atoms with Gasteiger partial charge in [-0.3, -0.25) is 0 Å². The average Bonchev–Trinajstić information content (AvgIpc) is 3.20. The van der Waals surface area contributed by atoms with Crippen molar-refractivity contribution in [1.29, 1.82) is 0 Å². The number of carbonyl (C=O) groups excluding carboxylic acids is 1. The molecule has 0 saturated heterocycles. The van der Waals surface area contributed by atoms with Crippen molar-refractivity contribution in [3.63, 3.8) is 0 Å². The lowest BCUT2D eigenvalue weighted by molar-refractivity contribution is -0.192. The SMILES string of the molecule is COc1cc(NC(=O)NC(C)(C)Cc2ccc(F)cc2)ccc1-n1cnc(C)c1.O=C(O)C(F)(F)F. The number of halogens is 4. The monoisotopic (exact) mass is 510 g/mol. The molecule has 1 heterocycles. The summed E-state index contributed by atoms with van der Waals surface area (Å²) < 4.78 is 52.1. The highest BCUT2D eigenvalue weighted by molar-refractivity contribution is 5.90. The van der Waals surface area contributed by atoms with Crippen molar-refractivity contribution in [2.45, 2.75) is 38.9 Å². The Hall–Kier alpha value is -4.09. The minimum Gasteiger partial charge on any atom is -0.494 e. The van der Waals surface area contributed by atoms with Gasteiger partial charge in [0.1, 0.15) is 11.6 Å². The Morgan fingerprint density at radius 1 is 1.11 bits per heavy atom. The molecule has 0 unspecified atom stereocenters. The number of benzene rings is 2. The van der Waals surface area contributed by atoms with Crippen LogP contribution in [0.25, 0.3) is 5.69 Å². The van der Waals surface area contributed by atoms with Crippen LogP contribution < -0.4 is 15.4 Å². The summed E-state index contributed by atoms with van der Waals surface area (Å²) in [6, 6.07) is 11.4. The smallest absolute Gasteiger partial charge is 0.490 e. The predicted molar refractivity (Wildman–Crippen MR) is 125 cm³/mol. The van der Waals surface area contributed by atoms with E-state index in [1.54, 1.807) is 37.7 Å². The Morgan fingerprint density at radius 3 is 2.22 bits per heavy atom. The maximum atomic E-state index is 13.1. The number of aliphatic carboxylic acids is 1. The minimum absolute atomic E-state index is 0.277. The average molecular weight is 510 g/mol. The number of nitrogens with one attached hydrogen (secondary N) is 2. The van der Waals surface area contributed by atoms with E-state index in [1.165, 1.54) is 12.1 Å². The third-order valence-corrected chi connectivity index (χ3v) is 4.68. The van der Waals surface area contributed by atoms with E-state index in [4.69, 9.17) is 14.6 Å². The number of imidazole rings is 1. The van der Waals surface area contributed by atoms with Gasteiger partial charge < -0.3 is 25.0 Å². The van der Waals surface area contributed by atoms with E-state index >= 15 is 0 Å². The Labute approximate surface area is 204 Å². The Balaban J connectivity index is 0.000000572. The maximum absolute atomic E-state index is 13.1. The van der Waals surface area contributed by atoms with Crippen LogP contribution in [0.1, 0.15) is 25.1 Å². The third-order valence-electron chi connectivity index (χ3n) is 4.68. The number of alkyl halides is 3. The zero-order chi connectivity index (χ0) is 27.1. The molecule has 0 radical (unpaired) electrons. The van der Waals surface area contributed by atoms with Crippen LogP contribution in [0.2, 0.25) is 0 Å². The van der Waals surface area contributed by atoms with Gasteiger partial charge in [0.25, 0.3) is 0 Å². The fourth-order valence-electron chi connectivity index (χ4n) is 3.15. The van der Waals surface area contributed by atoms with Crippen molar-refractivity contribution in [2.75, 3.05) is 12.4 Å². The zero-order valence-corrected chi connectivity index (χ0v) is 20.0. The molecule has 3 aromatic rings. The number of carboxylic acids is 1. The number of nitrogens with zero attached hydrogens (tertiary/aromatic N) is 2. The number of amides is 2. The first kappa shape index (κ1) is 28.1. The van der Waals surface area contributed by atoms with Crippen LogP contribution in [0.15, 0.2) is 55.0 Å². The second kappa shape index (κ2) is 11.6. The minimum atomic E-state index is -5.08. The van der Waals surface area contributed by atoms with E-state index in [-0.39, 0.29) is 11.8 Å². The van der Waals surface area contributed by atoms with Crippen LogP contribution in [0, 0.1) is 12.7 Å². The van der Waals surface area contributed by atoms with Crippen molar-refractivity contribution in [3.05, 3.63) is 72.1 Å². The van der Waals surface area contributed by atoms with E-state index in [2.05, 4.69) is 15.6 Å². The van der Waals surface area contributed by atoms with E-state index in [1.807, 2.05) is 37.6 Å². The molecule has 3 rings (SSSR count). The molecule has 2 aromatic carbocycles. The number of anilines is 1. The Morgan fingerprint density at radius 2 is 1.72 bits per heavy atom. The summed E-state index contributed by atoms with van der Waals surface area (Å²) in [5, 5.41) is 12.9. The van der Waals surface area contributed by atoms with Gasteiger partial charge in [-0.25, -0.2) is 19.0 Å². The molecular formula is C24H26F4N4O4. The number of ether oxygens (including phenoxy) is 1. The summed E-state index contributed by atoms with van der Waals surface area (Å²) >= 11 is 0. The molecule has 8 nitrogen and oxygen atoms in total. The van der Waals surface area contributed by atoms with Gasteiger partial charge in [-0.15, -0.1) is 0 Å². The molecule has 0 aliphatic heterocycles. The van der Waals surface area contributed by atoms with E-state index in [9.17, 15) is 22.4 Å². The molecule has 0 spiro atoms. The molecule has 0 fully saturated rings. The van der Waals surface area contributed by atoms with Crippen LogP contribution in [-0.2, 0) is 11.2 Å². The molecule has 2 amide bonds. The first-order chi connectivity index (χ1) is 16.7. The number of aryl methyl sites for hydroxylation is 1. The Bertz CT molecular complexity index is 1190. The summed E-state index contributed by atoms with van der Waals surface area (Å²) in [6.45, 7) is 5.75. The van der Waals surface area contributed by atoms with Crippen LogP contribution in [-0.4, -0.2) is 45.5 Å². The Kier molecular flexibility index (Phi) is 9.04. The second-order valence-electron chi connectivity index (χ2n) is 8.38. The molecule has 0 aliphatic carbocycles. The van der Waals surface area contributed by atoms with Gasteiger partial charge in [-0.1, -0.05) is 12.1 Å². The van der Waals surface area contributed by atoms with Gasteiger partial charge in [0.2, 0.25) is 0 Å². The maximum Gasteiger partial charge on any atom is 0.490 e. The third kappa shape index (κ3) is 8.60. The number of carbonyl (C=O) groups is 2. The normalized spacial score (nSPS) is 11.2. The van der Waals surface area contributed by atoms with Gasteiger partial charge >= 0.3 is 18.2 Å². The molecule has 3 N–H and O–H groups in total. The van der Waals surface area contributed by atoms with Crippen molar-refractivity contribution in [3.8, 4) is 11.4 Å². The van der Waals surface area contributed by atoms with Crippen LogP contribution in [0.3, 0.4) is 0 Å². The molecular weight excluding hydrogens is 484 g/mol. The lowest BCUT2D eigenvalue weighted by Crippen LogP contribution is -2.47. The van der Waals surface area contributed by atoms with Crippen molar-refractivity contribution in [1.82, 2.24) is 14.9 Å². The largest absolute Gasteiger partial charge is 0.494 e. The first-order valence-electron chi connectivity index (χ1n) is 10.5. The number of rotatable bonds is 6. The summed E-state index contributed by atoms with van der Waals surface area (Å²) in [5.74, 6) is -2.42. The van der Waals surface area contributed by atoms with Crippen LogP contribution >= 0.6 is 0 Å². The highest BCUT2D eigenvalue weighted by atomic mass is 19.4. The summed E-state index contributed by atoms with van der Waals surface area (Å²) in [7, 11) is 1.58. The highest BCUT2D eigenvalue weighted by Crippen LogP contribution is 2.27. The van der Waals surface area contributed by atoms with Crippen molar-refractivity contribution < 1.29 is 37.0 Å². The molecule has 0 atom stereocenters. The molecule has 0 bridgehead atoms. The molecule has 36 heavy (non-hydrogen) atoms. The van der Waals surface area contributed by atoms with Gasteiger partial charge in [0.05, 0.1) is 24.8 Å². The highest BCUT2D eigenvalue weighted by Gasteiger charge is 2.38. The number of aromatic nitrogens is 2. The van der Waals surface area contributed by atoms with Crippen molar-refractivity contribution >= 4 is 17.7 Å². The standard InChI is InChI=1S/C22H25FN4O2.C2HF3O2/c1-15-13-27(14-24-15)19-10-9-18(11-20(19)29-4)25-21(28)26-22(2,3)12-16-5-7-17(23)8-6-16;3-2(4,5)1(6)7/h5-11,13-14H,12H2,1-4H3,(H2,25,26,28);(H,6,7). The summed E-state index contributed by atoms with van der Waals surface area (Å²) in [5.41, 5.74) is 2.77. The second-order valence-corrected chi connectivity index (χ2v) is 8.38. The quantitative estimate of drug-likeness (QED) is 0.400. The van der Waals surface area contributed by atoms with Crippen LogP contribution in [0.5, 0.6) is 5.75 Å². The topological polar surface area (TPSA) is 105 Å². The summed E-state index contributed by atoms with van der Waals surface area (Å²) in [4.78, 5) is 25.6. The number of carboxylic acid groups (broad SMARTS) is 1. The lowest BCUT2D eigenvalue weighted by Gasteiger charge is -2.26. The zero-order valence-electron chi connectivity index (χ0n) is 20.0. The number of hydrogen-bond donors (Lipinski definition) is 3. The molecule has 0 aliphatic rings. The lowest BCUT2D eigenvalue weighted by atomic mass is 9.95. The predicted octanol–water partition coefficient (Wildman–Crippen LogP) is 5.10.